The Bertz CT molecular complexity index is 1110. The van der Waals surface area contributed by atoms with Crippen LogP contribution in [-0.4, -0.2) is 44.4 Å². The summed E-state index contributed by atoms with van der Waals surface area (Å²) in [5, 5.41) is 9.83. The standard InChI is InChI=1S/C27H34N4OS/c1-19-9-8-16-30(17-19)24(32)18-33-26-29-28-25(31(26)23-11-7-6-10-20(23)2)21-12-14-22(15-13-21)27(3,4)5/h6-7,10-15,19H,8-9,16-18H2,1-5H3/t19-/m1/s1. The number of likely N-dealkylation sites (tertiary alicyclic amines) is 1. The number of hydrogen-bond donors (Lipinski definition) is 0. The fourth-order valence-corrected chi connectivity index (χ4v) is 5.18. The van der Waals surface area contributed by atoms with E-state index in [2.05, 4.69) is 85.8 Å². The van der Waals surface area contributed by atoms with Gasteiger partial charge in [-0.3, -0.25) is 9.36 Å². The van der Waals surface area contributed by atoms with E-state index < -0.39 is 0 Å². The van der Waals surface area contributed by atoms with Gasteiger partial charge in [-0.2, -0.15) is 0 Å². The van der Waals surface area contributed by atoms with E-state index in [0.29, 0.717) is 11.7 Å². The zero-order valence-electron chi connectivity index (χ0n) is 20.3. The van der Waals surface area contributed by atoms with E-state index in [1.165, 1.54) is 23.7 Å². The summed E-state index contributed by atoms with van der Waals surface area (Å²) in [6, 6.07) is 16.8. The van der Waals surface area contributed by atoms with Gasteiger partial charge in [-0.05, 0) is 48.3 Å². The zero-order chi connectivity index (χ0) is 23.6. The van der Waals surface area contributed by atoms with Gasteiger partial charge in [-0.1, -0.05) is 81.9 Å². The molecule has 0 bridgehead atoms. The maximum atomic E-state index is 12.9. The van der Waals surface area contributed by atoms with E-state index in [0.717, 1.165) is 47.3 Å². The molecule has 1 aliphatic rings. The number of carbonyl (C=O) groups excluding carboxylic acids is 1. The second kappa shape index (κ2) is 9.72. The third-order valence-corrected chi connectivity index (χ3v) is 7.25. The van der Waals surface area contributed by atoms with Crippen molar-refractivity contribution in [2.45, 2.75) is 58.0 Å². The Labute approximate surface area is 201 Å². The number of thioether (sulfide) groups is 1. The first-order chi connectivity index (χ1) is 15.7. The van der Waals surface area contributed by atoms with Gasteiger partial charge in [-0.15, -0.1) is 10.2 Å². The first kappa shape index (κ1) is 23.6. The molecular formula is C27H34N4OS. The second-order valence-corrected chi connectivity index (χ2v) is 11.1. The number of piperidine rings is 1. The Morgan fingerprint density at radius 2 is 1.82 bits per heavy atom. The lowest BCUT2D eigenvalue weighted by atomic mass is 9.87. The van der Waals surface area contributed by atoms with Crippen molar-refractivity contribution in [3.05, 3.63) is 59.7 Å². The maximum absolute atomic E-state index is 12.9. The number of amides is 1. The smallest absolute Gasteiger partial charge is 0.233 e. The van der Waals surface area contributed by atoms with Gasteiger partial charge in [0.25, 0.3) is 0 Å². The number of aromatic nitrogens is 3. The molecule has 1 fully saturated rings. The van der Waals surface area contributed by atoms with Crippen LogP contribution >= 0.6 is 11.8 Å². The molecule has 1 aliphatic heterocycles. The quantitative estimate of drug-likeness (QED) is 0.444. The van der Waals surface area contributed by atoms with Gasteiger partial charge >= 0.3 is 0 Å². The molecule has 3 aromatic rings. The van der Waals surface area contributed by atoms with Crippen molar-refractivity contribution in [3.63, 3.8) is 0 Å². The predicted molar refractivity (Wildman–Crippen MR) is 136 cm³/mol. The van der Waals surface area contributed by atoms with Crippen molar-refractivity contribution in [1.29, 1.82) is 0 Å². The van der Waals surface area contributed by atoms with E-state index >= 15 is 0 Å². The molecule has 33 heavy (non-hydrogen) atoms. The molecule has 0 unspecified atom stereocenters. The number of aryl methyl sites for hydroxylation is 1. The normalized spacial score (nSPS) is 16.8. The molecule has 2 aromatic carbocycles. The number of nitrogens with zero attached hydrogens (tertiary/aromatic N) is 4. The van der Waals surface area contributed by atoms with Crippen LogP contribution in [0.25, 0.3) is 17.1 Å². The number of carbonyl (C=O) groups is 1. The van der Waals surface area contributed by atoms with Gasteiger partial charge in [0.15, 0.2) is 11.0 Å². The lowest BCUT2D eigenvalue weighted by molar-refractivity contribution is -0.130. The number of para-hydroxylation sites is 1. The van der Waals surface area contributed by atoms with Crippen LogP contribution in [0, 0.1) is 12.8 Å². The fraction of sp³-hybridized carbons (Fsp3) is 0.444. The SMILES string of the molecule is Cc1ccccc1-n1c(SCC(=O)N2CCC[C@@H](C)C2)nnc1-c1ccc(C(C)(C)C)cc1. The molecule has 4 rings (SSSR count). The van der Waals surface area contributed by atoms with Crippen molar-refractivity contribution in [2.24, 2.45) is 5.92 Å². The van der Waals surface area contributed by atoms with Gasteiger partial charge in [0.2, 0.25) is 5.91 Å². The van der Waals surface area contributed by atoms with Gasteiger partial charge in [-0.25, -0.2) is 0 Å². The predicted octanol–water partition coefficient (Wildman–Crippen LogP) is 5.89. The molecule has 1 atom stereocenters. The Hall–Kier alpha value is -2.60. The van der Waals surface area contributed by atoms with Crippen molar-refractivity contribution in [1.82, 2.24) is 19.7 Å². The van der Waals surface area contributed by atoms with Crippen molar-refractivity contribution < 1.29 is 4.79 Å². The molecule has 6 heteroatoms. The molecule has 0 spiro atoms. The summed E-state index contributed by atoms with van der Waals surface area (Å²) >= 11 is 1.47. The lowest BCUT2D eigenvalue weighted by Crippen LogP contribution is -2.40. The minimum Gasteiger partial charge on any atom is -0.342 e. The highest BCUT2D eigenvalue weighted by atomic mass is 32.2. The van der Waals surface area contributed by atoms with E-state index in [-0.39, 0.29) is 11.3 Å². The molecule has 0 aliphatic carbocycles. The van der Waals surface area contributed by atoms with Crippen LogP contribution in [0.5, 0.6) is 0 Å². The van der Waals surface area contributed by atoms with Gasteiger partial charge < -0.3 is 4.90 Å². The van der Waals surface area contributed by atoms with E-state index in [4.69, 9.17) is 0 Å². The van der Waals surface area contributed by atoms with E-state index in [1.54, 1.807) is 0 Å². The molecule has 0 radical (unpaired) electrons. The van der Waals surface area contributed by atoms with Crippen LogP contribution in [-0.2, 0) is 10.2 Å². The first-order valence-corrected chi connectivity index (χ1v) is 12.8. The molecule has 2 heterocycles. The number of rotatable bonds is 5. The third-order valence-electron chi connectivity index (χ3n) is 6.33. The molecular weight excluding hydrogens is 428 g/mol. The molecule has 0 N–H and O–H groups in total. The molecule has 5 nitrogen and oxygen atoms in total. The highest BCUT2D eigenvalue weighted by molar-refractivity contribution is 7.99. The van der Waals surface area contributed by atoms with Crippen molar-refractivity contribution in [3.8, 4) is 17.1 Å². The first-order valence-electron chi connectivity index (χ1n) is 11.8. The zero-order valence-corrected chi connectivity index (χ0v) is 21.2. The minimum atomic E-state index is 0.0928. The average Bonchev–Trinajstić information content (AvgIpc) is 3.21. The van der Waals surface area contributed by atoms with Crippen LogP contribution in [0.4, 0.5) is 0 Å². The Kier molecular flexibility index (Phi) is 6.94. The topological polar surface area (TPSA) is 51.0 Å². The lowest BCUT2D eigenvalue weighted by Gasteiger charge is -2.30. The third kappa shape index (κ3) is 5.32. The summed E-state index contributed by atoms with van der Waals surface area (Å²) in [6.45, 7) is 12.7. The largest absolute Gasteiger partial charge is 0.342 e. The second-order valence-electron chi connectivity index (χ2n) is 10.1. The van der Waals surface area contributed by atoms with Crippen molar-refractivity contribution >= 4 is 17.7 Å². The summed E-state index contributed by atoms with van der Waals surface area (Å²) in [5.41, 5.74) is 4.57. The summed E-state index contributed by atoms with van der Waals surface area (Å²) in [6.07, 6.45) is 2.29. The summed E-state index contributed by atoms with van der Waals surface area (Å²) in [7, 11) is 0. The molecule has 1 amide bonds. The highest BCUT2D eigenvalue weighted by Gasteiger charge is 2.23. The van der Waals surface area contributed by atoms with E-state index in [9.17, 15) is 4.79 Å². The average molecular weight is 463 g/mol. The monoisotopic (exact) mass is 462 g/mol. The van der Waals surface area contributed by atoms with Crippen LogP contribution in [0.15, 0.2) is 53.7 Å². The van der Waals surface area contributed by atoms with Gasteiger partial charge in [0.05, 0.1) is 11.4 Å². The Morgan fingerprint density at radius 1 is 1.09 bits per heavy atom. The molecule has 1 saturated heterocycles. The summed E-state index contributed by atoms with van der Waals surface area (Å²) < 4.78 is 2.10. The van der Waals surface area contributed by atoms with Crippen LogP contribution in [0.2, 0.25) is 0 Å². The molecule has 0 saturated carbocycles. The molecule has 1 aromatic heterocycles. The highest BCUT2D eigenvalue weighted by Crippen LogP contribution is 2.31. The molecule has 174 valence electrons. The Morgan fingerprint density at radius 3 is 2.48 bits per heavy atom. The number of benzene rings is 2. The van der Waals surface area contributed by atoms with Crippen LogP contribution < -0.4 is 0 Å². The minimum absolute atomic E-state index is 0.0928. The van der Waals surface area contributed by atoms with Gasteiger partial charge in [0.1, 0.15) is 0 Å². The van der Waals surface area contributed by atoms with Crippen molar-refractivity contribution in [2.75, 3.05) is 18.8 Å². The van der Waals surface area contributed by atoms with Crippen LogP contribution in [0.1, 0.15) is 51.7 Å². The van der Waals surface area contributed by atoms with Crippen LogP contribution in [0.3, 0.4) is 0 Å². The summed E-state index contributed by atoms with van der Waals surface area (Å²) in [4.78, 5) is 14.9. The Balaban J connectivity index is 1.65. The maximum Gasteiger partial charge on any atom is 0.233 e. The number of hydrogen-bond acceptors (Lipinski definition) is 4. The fourth-order valence-electron chi connectivity index (χ4n) is 4.33. The summed E-state index contributed by atoms with van der Waals surface area (Å²) in [5.74, 6) is 1.93. The van der Waals surface area contributed by atoms with E-state index in [1.807, 2.05) is 17.0 Å². The van der Waals surface area contributed by atoms with Gasteiger partial charge in [0, 0.05) is 18.7 Å².